The molecule has 2 atom stereocenters. The highest BCUT2D eigenvalue weighted by Gasteiger charge is 2.16. The number of hydrogen-bond donors (Lipinski definition) is 1. The molecule has 0 spiro atoms. The first-order valence-corrected chi connectivity index (χ1v) is 3.98. The Morgan fingerprint density at radius 3 is 2.80 bits per heavy atom. The van der Waals surface area contributed by atoms with Gasteiger partial charge in [0, 0.05) is 12.5 Å². The van der Waals surface area contributed by atoms with Crippen molar-refractivity contribution < 1.29 is 4.79 Å². The maximum Gasteiger partial charge on any atom is 0.220 e. The molecule has 1 aliphatic rings. The van der Waals surface area contributed by atoms with E-state index in [-0.39, 0.29) is 5.91 Å². The van der Waals surface area contributed by atoms with E-state index < -0.39 is 0 Å². The van der Waals surface area contributed by atoms with Crippen LogP contribution in [0.25, 0.3) is 0 Å². The van der Waals surface area contributed by atoms with Crippen LogP contribution in [0.4, 0.5) is 0 Å². The zero-order valence-corrected chi connectivity index (χ0v) is 6.68. The molecule has 58 valence electrons. The molecular weight excluding hydrogens is 126 g/mol. The average Bonchev–Trinajstić information content (AvgIpc) is 1.93. The molecule has 0 aromatic heterocycles. The molecule has 1 heterocycles. The van der Waals surface area contributed by atoms with Crippen molar-refractivity contribution in [1.82, 2.24) is 5.32 Å². The van der Waals surface area contributed by atoms with Crippen molar-refractivity contribution in [2.24, 2.45) is 5.92 Å². The van der Waals surface area contributed by atoms with Crippen LogP contribution in [0.15, 0.2) is 0 Å². The minimum atomic E-state index is 0.220. The zero-order chi connectivity index (χ0) is 7.56. The second kappa shape index (κ2) is 3.04. The number of rotatable bonds is 0. The molecule has 1 N–H and O–H groups in total. The third-order valence-electron chi connectivity index (χ3n) is 2.03. The molecule has 0 radical (unpaired) electrons. The molecule has 0 aliphatic carbocycles. The summed E-state index contributed by atoms with van der Waals surface area (Å²) in [6, 6.07) is 0.387. The lowest BCUT2D eigenvalue weighted by Crippen LogP contribution is -2.30. The Hall–Kier alpha value is -0.530. The molecule has 1 rings (SSSR count). The van der Waals surface area contributed by atoms with Gasteiger partial charge in [-0.3, -0.25) is 4.79 Å². The standard InChI is InChI=1S/C8H15NO/c1-6-3-4-7(2)9-8(10)5-6/h6-7H,3-5H2,1-2H3,(H,9,10)/t6-,7+/m0/s1. The van der Waals surface area contributed by atoms with Gasteiger partial charge in [0.15, 0.2) is 0 Å². The lowest BCUT2D eigenvalue weighted by molar-refractivity contribution is -0.121. The minimum Gasteiger partial charge on any atom is -0.354 e. The number of nitrogens with one attached hydrogen (secondary N) is 1. The average molecular weight is 141 g/mol. The maximum absolute atomic E-state index is 11.0. The zero-order valence-electron chi connectivity index (χ0n) is 6.68. The van der Waals surface area contributed by atoms with E-state index in [9.17, 15) is 4.79 Å². The Balaban J connectivity index is 2.46. The van der Waals surface area contributed by atoms with Gasteiger partial charge >= 0.3 is 0 Å². The van der Waals surface area contributed by atoms with Crippen LogP contribution in [0.1, 0.15) is 33.1 Å². The van der Waals surface area contributed by atoms with Gasteiger partial charge in [-0.2, -0.15) is 0 Å². The van der Waals surface area contributed by atoms with Gasteiger partial charge in [0.25, 0.3) is 0 Å². The monoisotopic (exact) mass is 141 g/mol. The normalized spacial score (nSPS) is 34.8. The Bertz CT molecular complexity index is 119. The molecule has 2 nitrogen and oxygen atoms in total. The fraction of sp³-hybridized carbons (Fsp3) is 0.875. The van der Waals surface area contributed by atoms with Crippen molar-refractivity contribution in [3.63, 3.8) is 0 Å². The highest BCUT2D eigenvalue weighted by molar-refractivity contribution is 5.76. The number of amides is 1. The van der Waals surface area contributed by atoms with Crippen molar-refractivity contribution in [3.05, 3.63) is 0 Å². The molecule has 0 bridgehead atoms. The van der Waals surface area contributed by atoms with E-state index in [0.29, 0.717) is 18.4 Å². The van der Waals surface area contributed by atoms with E-state index in [1.54, 1.807) is 0 Å². The SMILES string of the molecule is C[C@H]1CC[C@@H](C)NC(=O)C1. The number of carbonyl (C=O) groups excluding carboxylic acids is 1. The summed E-state index contributed by atoms with van der Waals surface area (Å²) in [7, 11) is 0. The van der Waals surface area contributed by atoms with Crippen LogP contribution in [0, 0.1) is 5.92 Å². The van der Waals surface area contributed by atoms with Crippen molar-refractivity contribution in [2.45, 2.75) is 39.2 Å². The lowest BCUT2D eigenvalue weighted by Gasteiger charge is -2.07. The summed E-state index contributed by atoms with van der Waals surface area (Å²) >= 11 is 0. The summed E-state index contributed by atoms with van der Waals surface area (Å²) in [6.07, 6.45) is 3.02. The fourth-order valence-corrected chi connectivity index (χ4v) is 1.36. The van der Waals surface area contributed by atoms with E-state index in [2.05, 4.69) is 19.2 Å². The van der Waals surface area contributed by atoms with E-state index in [4.69, 9.17) is 0 Å². The number of hydrogen-bond acceptors (Lipinski definition) is 1. The van der Waals surface area contributed by atoms with Crippen LogP contribution >= 0.6 is 0 Å². The molecule has 0 aromatic carbocycles. The van der Waals surface area contributed by atoms with Crippen LogP contribution < -0.4 is 5.32 Å². The summed E-state index contributed by atoms with van der Waals surface area (Å²) < 4.78 is 0. The quantitative estimate of drug-likeness (QED) is 0.541. The smallest absolute Gasteiger partial charge is 0.220 e. The van der Waals surface area contributed by atoms with E-state index in [0.717, 1.165) is 6.42 Å². The Morgan fingerprint density at radius 2 is 2.10 bits per heavy atom. The van der Waals surface area contributed by atoms with Crippen LogP contribution in [0.2, 0.25) is 0 Å². The fourth-order valence-electron chi connectivity index (χ4n) is 1.36. The first-order chi connectivity index (χ1) is 4.68. The molecule has 1 amide bonds. The van der Waals surface area contributed by atoms with Crippen LogP contribution in [0.5, 0.6) is 0 Å². The Kier molecular flexibility index (Phi) is 2.30. The maximum atomic E-state index is 11.0. The highest BCUT2D eigenvalue weighted by Crippen LogP contribution is 2.15. The predicted molar refractivity (Wildman–Crippen MR) is 40.6 cm³/mol. The van der Waals surface area contributed by atoms with Gasteiger partial charge in [0.2, 0.25) is 5.91 Å². The predicted octanol–water partition coefficient (Wildman–Crippen LogP) is 1.31. The van der Waals surface area contributed by atoms with Crippen molar-refractivity contribution >= 4 is 5.91 Å². The van der Waals surface area contributed by atoms with Gasteiger partial charge in [-0.15, -0.1) is 0 Å². The van der Waals surface area contributed by atoms with Crippen LogP contribution in [-0.2, 0) is 4.79 Å². The van der Waals surface area contributed by atoms with Gasteiger partial charge in [0.1, 0.15) is 0 Å². The third kappa shape index (κ3) is 2.01. The van der Waals surface area contributed by atoms with E-state index in [1.807, 2.05) is 0 Å². The van der Waals surface area contributed by atoms with Crippen LogP contribution in [0.3, 0.4) is 0 Å². The summed E-state index contributed by atoms with van der Waals surface area (Å²) in [4.78, 5) is 11.0. The minimum absolute atomic E-state index is 0.220. The van der Waals surface area contributed by atoms with Gasteiger partial charge in [-0.25, -0.2) is 0 Å². The molecule has 1 aliphatic heterocycles. The largest absolute Gasteiger partial charge is 0.354 e. The molecule has 0 saturated carbocycles. The van der Waals surface area contributed by atoms with Gasteiger partial charge in [0.05, 0.1) is 0 Å². The van der Waals surface area contributed by atoms with Gasteiger partial charge < -0.3 is 5.32 Å². The van der Waals surface area contributed by atoms with Crippen molar-refractivity contribution in [2.75, 3.05) is 0 Å². The van der Waals surface area contributed by atoms with Gasteiger partial charge in [-0.1, -0.05) is 6.92 Å². The van der Waals surface area contributed by atoms with E-state index >= 15 is 0 Å². The second-order valence-corrected chi connectivity index (χ2v) is 3.36. The topological polar surface area (TPSA) is 29.1 Å². The molecule has 0 aromatic rings. The van der Waals surface area contributed by atoms with Crippen molar-refractivity contribution in [1.29, 1.82) is 0 Å². The molecule has 2 heteroatoms. The summed E-state index contributed by atoms with van der Waals surface area (Å²) in [5, 5.41) is 2.93. The Morgan fingerprint density at radius 1 is 1.40 bits per heavy atom. The van der Waals surface area contributed by atoms with E-state index in [1.165, 1.54) is 6.42 Å². The summed E-state index contributed by atoms with van der Waals surface area (Å²) in [6.45, 7) is 4.20. The molecule has 1 saturated heterocycles. The van der Waals surface area contributed by atoms with Crippen molar-refractivity contribution in [3.8, 4) is 0 Å². The second-order valence-electron chi connectivity index (χ2n) is 3.36. The molecular formula is C8H15NO. The van der Waals surface area contributed by atoms with Gasteiger partial charge in [-0.05, 0) is 25.7 Å². The lowest BCUT2D eigenvalue weighted by atomic mass is 10.0. The summed E-state index contributed by atoms with van der Waals surface area (Å²) in [5.41, 5.74) is 0. The number of carbonyl (C=O) groups is 1. The Labute approximate surface area is 62.0 Å². The molecule has 10 heavy (non-hydrogen) atoms. The molecule has 0 unspecified atom stereocenters. The first kappa shape index (κ1) is 7.58. The third-order valence-corrected chi connectivity index (χ3v) is 2.03. The molecule has 1 fully saturated rings. The first-order valence-electron chi connectivity index (χ1n) is 3.98. The highest BCUT2D eigenvalue weighted by atomic mass is 16.1. The van der Waals surface area contributed by atoms with Crippen LogP contribution in [-0.4, -0.2) is 11.9 Å². The summed E-state index contributed by atoms with van der Waals surface area (Å²) in [5.74, 6) is 0.794.